The van der Waals surface area contributed by atoms with Gasteiger partial charge in [0, 0.05) is 27.3 Å². The highest BCUT2D eigenvalue weighted by atomic mass is 28.4. The van der Waals surface area contributed by atoms with Crippen molar-refractivity contribution in [2.75, 3.05) is 33.9 Å². The third kappa shape index (κ3) is 8.24. The van der Waals surface area contributed by atoms with E-state index in [0.29, 0.717) is 6.61 Å². The first-order valence-electron chi connectivity index (χ1n) is 6.13. The van der Waals surface area contributed by atoms with Crippen molar-refractivity contribution < 1.29 is 13.3 Å². The topological polar surface area (TPSA) is 39.7 Å². The van der Waals surface area contributed by atoms with Gasteiger partial charge in [-0.05, 0) is 13.0 Å². The highest BCUT2D eigenvalue weighted by Gasteiger charge is 2.31. The smallest absolute Gasteiger partial charge is 0.377 e. The molecule has 0 aromatic rings. The third-order valence-electron chi connectivity index (χ3n) is 2.59. The summed E-state index contributed by atoms with van der Waals surface area (Å²) in [7, 11) is 0.947. The predicted molar refractivity (Wildman–Crippen MR) is 68.6 cm³/mol. The Morgan fingerprint density at radius 2 is 1.69 bits per heavy atom. The van der Waals surface area contributed by atoms with Gasteiger partial charge >= 0.3 is 8.80 Å². The summed E-state index contributed by atoms with van der Waals surface area (Å²) in [6, 6.07) is 0. The molecule has 0 saturated heterocycles. The second kappa shape index (κ2) is 10.2. The molecule has 0 spiro atoms. The van der Waals surface area contributed by atoms with Gasteiger partial charge in [-0.2, -0.15) is 0 Å². The van der Waals surface area contributed by atoms with Gasteiger partial charge in [-0.3, -0.25) is 0 Å². The second-order valence-electron chi connectivity index (χ2n) is 3.93. The third-order valence-corrected chi connectivity index (χ3v) is 4.80. The highest BCUT2D eigenvalue weighted by Crippen LogP contribution is 2.04. The molecule has 0 aliphatic carbocycles. The van der Waals surface area contributed by atoms with Crippen LogP contribution in [0, 0.1) is 0 Å². The summed E-state index contributed by atoms with van der Waals surface area (Å²) in [6.45, 7) is 6.71. The SMILES string of the molecule is CCCCCCNCCO[Si](C)(OC)OC. The Hall–Kier alpha value is 0.0569. The summed E-state index contributed by atoms with van der Waals surface area (Å²) in [5.41, 5.74) is 0. The van der Waals surface area contributed by atoms with Gasteiger partial charge in [0.2, 0.25) is 0 Å². The van der Waals surface area contributed by atoms with E-state index in [1.807, 2.05) is 6.55 Å². The Morgan fingerprint density at radius 1 is 1.00 bits per heavy atom. The van der Waals surface area contributed by atoms with Crippen LogP contribution in [0.2, 0.25) is 6.55 Å². The fourth-order valence-corrected chi connectivity index (χ4v) is 2.19. The molecule has 0 bridgehead atoms. The van der Waals surface area contributed by atoms with E-state index in [-0.39, 0.29) is 0 Å². The molecule has 0 aliphatic rings. The lowest BCUT2D eigenvalue weighted by Gasteiger charge is -2.21. The van der Waals surface area contributed by atoms with Crippen molar-refractivity contribution in [3.63, 3.8) is 0 Å². The van der Waals surface area contributed by atoms with Crippen LogP contribution >= 0.6 is 0 Å². The van der Waals surface area contributed by atoms with Gasteiger partial charge in [-0.25, -0.2) is 0 Å². The summed E-state index contributed by atoms with van der Waals surface area (Å²) < 4.78 is 16.0. The quantitative estimate of drug-likeness (QED) is 0.449. The molecule has 0 radical (unpaired) electrons. The van der Waals surface area contributed by atoms with Crippen LogP contribution in [-0.4, -0.2) is 42.7 Å². The fraction of sp³-hybridized carbons (Fsp3) is 1.00. The van der Waals surface area contributed by atoms with Crippen LogP contribution in [0.3, 0.4) is 0 Å². The van der Waals surface area contributed by atoms with E-state index < -0.39 is 8.80 Å². The first-order valence-corrected chi connectivity index (χ1v) is 8.36. The average Bonchev–Trinajstić information content (AvgIpc) is 2.32. The molecule has 98 valence electrons. The van der Waals surface area contributed by atoms with Crippen molar-refractivity contribution in [1.82, 2.24) is 5.32 Å². The standard InChI is InChI=1S/C11H27NO3Si/c1-5-6-7-8-9-12-10-11-15-16(4,13-2)14-3/h12H,5-11H2,1-4H3. The van der Waals surface area contributed by atoms with Gasteiger partial charge in [0.05, 0.1) is 6.61 Å². The molecular formula is C11H27NO3Si. The van der Waals surface area contributed by atoms with Gasteiger partial charge in [-0.1, -0.05) is 26.2 Å². The molecule has 0 aromatic carbocycles. The number of unbranched alkanes of at least 4 members (excludes halogenated alkanes) is 3. The summed E-state index contributed by atoms with van der Waals surface area (Å²) >= 11 is 0. The van der Waals surface area contributed by atoms with Crippen LogP contribution in [0.25, 0.3) is 0 Å². The summed E-state index contributed by atoms with van der Waals surface area (Å²) in [6.07, 6.45) is 5.18. The minimum atomic E-state index is -2.32. The van der Waals surface area contributed by atoms with Crippen LogP contribution in [0.5, 0.6) is 0 Å². The van der Waals surface area contributed by atoms with E-state index >= 15 is 0 Å². The molecule has 5 heteroatoms. The molecule has 0 amide bonds. The average molecular weight is 249 g/mol. The number of hydrogen-bond acceptors (Lipinski definition) is 4. The number of hydrogen-bond donors (Lipinski definition) is 1. The maximum absolute atomic E-state index is 5.59. The molecule has 0 aromatic heterocycles. The van der Waals surface area contributed by atoms with E-state index in [1.165, 1.54) is 25.7 Å². The molecular weight excluding hydrogens is 222 g/mol. The first-order chi connectivity index (χ1) is 7.68. The predicted octanol–water partition coefficient (Wildman–Crippen LogP) is 2.03. The maximum Gasteiger partial charge on any atom is 0.497 e. The lowest BCUT2D eigenvalue weighted by atomic mass is 10.2. The minimum absolute atomic E-state index is 0.651. The zero-order valence-corrected chi connectivity index (χ0v) is 12.2. The normalized spacial score (nSPS) is 12.0. The maximum atomic E-state index is 5.59. The van der Waals surface area contributed by atoms with Gasteiger partial charge < -0.3 is 18.6 Å². The molecule has 1 N–H and O–H groups in total. The first kappa shape index (κ1) is 16.1. The van der Waals surface area contributed by atoms with Crippen molar-refractivity contribution in [2.24, 2.45) is 0 Å². The lowest BCUT2D eigenvalue weighted by Crippen LogP contribution is -2.42. The monoisotopic (exact) mass is 249 g/mol. The highest BCUT2D eigenvalue weighted by molar-refractivity contribution is 6.59. The summed E-state index contributed by atoms with van der Waals surface area (Å²) in [4.78, 5) is 0. The zero-order chi connectivity index (χ0) is 12.3. The Balaban J connectivity index is 3.26. The van der Waals surface area contributed by atoms with E-state index in [0.717, 1.165) is 13.1 Å². The Bertz CT molecular complexity index is 154. The minimum Gasteiger partial charge on any atom is -0.377 e. The van der Waals surface area contributed by atoms with E-state index in [1.54, 1.807) is 14.2 Å². The van der Waals surface area contributed by atoms with Crippen LogP contribution in [0.1, 0.15) is 32.6 Å². The molecule has 4 nitrogen and oxygen atoms in total. The fourth-order valence-electron chi connectivity index (χ4n) is 1.31. The molecule has 0 atom stereocenters. The molecule has 0 fully saturated rings. The molecule has 0 unspecified atom stereocenters. The molecule has 0 saturated carbocycles. The molecule has 0 aliphatic heterocycles. The van der Waals surface area contributed by atoms with E-state index in [2.05, 4.69) is 12.2 Å². The van der Waals surface area contributed by atoms with Crippen molar-refractivity contribution in [3.8, 4) is 0 Å². The lowest BCUT2D eigenvalue weighted by molar-refractivity contribution is 0.106. The van der Waals surface area contributed by atoms with Gasteiger partial charge in [0.25, 0.3) is 0 Å². The molecule has 0 rings (SSSR count). The largest absolute Gasteiger partial charge is 0.497 e. The zero-order valence-electron chi connectivity index (χ0n) is 11.2. The Morgan fingerprint density at radius 3 is 2.25 bits per heavy atom. The van der Waals surface area contributed by atoms with Crippen LogP contribution in [-0.2, 0) is 13.3 Å². The number of rotatable bonds is 11. The van der Waals surface area contributed by atoms with Crippen LogP contribution in [0.15, 0.2) is 0 Å². The van der Waals surface area contributed by atoms with Gasteiger partial charge in [-0.15, -0.1) is 0 Å². The van der Waals surface area contributed by atoms with E-state index in [9.17, 15) is 0 Å². The van der Waals surface area contributed by atoms with E-state index in [4.69, 9.17) is 13.3 Å². The molecule has 16 heavy (non-hydrogen) atoms. The van der Waals surface area contributed by atoms with Gasteiger partial charge in [0.15, 0.2) is 0 Å². The van der Waals surface area contributed by atoms with Crippen molar-refractivity contribution in [1.29, 1.82) is 0 Å². The van der Waals surface area contributed by atoms with Gasteiger partial charge in [0.1, 0.15) is 0 Å². The van der Waals surface area contributed by atoms with Crippen LogP contribution < -0.4 is 5.32 Å². The Labute approximate surface area is 101 Å². The summed E-state index contributed by atoms with van der Waals surface area (Å²) in [5.74, 6) is 0. The number of nitrogens with one attached hydrogen (secondary N) is 1. The second-order valence-corrected chi connectivity index (χ2v) is 6.76. The van der Waals surface area contributed by atoms with Crippen molar-refractivity contribution in [3.05, 3.63) is 0 Å². The van der Waals surface area contributed by atoms with Crippen LogP contribution in [0.4, 0.5) is 0 Å². The van der Waals surface area contributed by atoms with Crippen molar-refractivity contribution in [2.45, 2.75) is 39.2 Å². The summed E-state index contributed by atoms with van der Waals surface area (Å²) in [5, 5.41) is 3.35. The molecule has 0 heterocycles. The Kier molecular flexibility index (Phi) is 10.3. The van der Waals surface area contributed by atoms with Crippen molar-refractivity contribution >= 4 is 8.80 Å².